The summed E-state index contributed by atoms with van der Waals surface area (Å²) in [4.78, 5) is 22.1. The average Bonchev–Trinajstić information content (AvgIpc) is 2.87. The fraction of sp³-hybridized carbons (Fsp3) is 0.214. The van der Waals surface area contributed by atoms with Crippen LogP contribution in [0.25, 0.3) is 0 Å². The summed E-state index contributed by atoms with van der Waals surface area (Å²) in [6.45, 7) is 3.61. The molecule has 2 rings (SSSR count). The van der Waals surface area contributed by atoms with Crippen LogP contribution >= 0.6 is 11.6 Å². The number of amides is 1. The first-order chi connectivity index (χ1) is 10.9. The number of rotatable bonds is 5. The summed E-state index contributed by atoms with van der Waals surface area (Å²) >= 11 is 5.93. The van der Waals surface area contributed by atoms with Crippen molar-refractivity contribution in [2.75, 3.05) is 0 Å². The van der Waals surface area contributed by atoms with Gasteiger partial charge in [-0.3, -0.25) is 4.79 Å². The van der Waals surface area contributed by atoms with E-state index < -0.39 is 10.8 Å². The van der Waals surface area contributed by atoms with Crippen LogP contribution in [0, 0.1) is 17.0 Å². The molecule has 120 valence electrons. The highest BCUT2D eigenvalue weighted by molar-refractivity contribution is 6.33. The van der Waals surface area contributed by atoms with E-state index in [0.29, 0.717) is 22.0 Å². The largest absolute Gasteiger partial charge is 0.390 e. The van der Waals surface area contributed by atoms with Crippen molar-refractivity contribution in [2.45, 2.75) is 20.4 Å². The third-order valence-corrected chi connectivity index (χ3v) is 3.33. The molecule has 1 amide bonds. The van der Waals surface area contributed by atoms with E-state index in [1.54, 1.807) is 38.1 Å². The van der Waals surface area contributed by atoms with E-state index in [2.05, 4.69) is 15.6 Å². The van der Waals surface area contributed by atoms with Crippen LogP contribution < -0.4 is 5.43 Å². The van der Waals surface area contributed by atoms with E-state index in [-0.39, 0.29) is 12.4 Å². The lowest BCUT2D eigenvalue weighted by molar-refractivity contribution is -0.389. The fourth-order valence-electron chi connectivity index (χ4n) is 1.85. The van der Waals surface area contributed by atoms with Crippen LogP contribution in [0.15, 0.2) is 35.4 Å². The number of carbonyl (C=O) groups is 1. The minimum absolute atomic E-state index is 0.225. The van der Waals surface area contributed by atoms with Crippen molar-refractivity contribution < 1.29 is 9.72 Å². The zero-order valence-corrected chi connectivity index (χ0v) is 13.2. The summed E-state index contributed by atoms with van der Waals surface area (Å²) in [6.07, 6.45) is 0. The van der Waals surface area contributed by atoms with Crippen LogP contribution in [0.3, 0.4) is 0 Å². The Balaban J connectivity index is 2.05. The number of nitrogens with one attached hydrogen (secondary N) is 1. The SMILES string of the molecule is CC(Cn1nc([N+](=O)[O-])cc1C)=NNC(=O)c1ccccc1Cl. The predicted octanol–water partition coefficient (Wildman–Crippen LogP) is 2.56. The molecule has 23 heavy (non-hydrogen) atoms. The molecule has 8 nitrogen and oxygen atoms in total. The molecule has 1 heterocycles. The minimum atomic E-state index is -0.560. The quantitative estimate of drug-likeness (QED) is 0.515. The van der Waals surface area contributed by atoms with Crippen LogP contribution in [-0.2, 0) is 6.54 Å². The van der Waals surface area contributed by atoms with Crippen LogP contribution in [-0.4, -0.2) is 26.3 Å². The van der Waals surface area contributed by atoms with Crippen molar-refractivity contribution in [3.8, 4) is 0 Å². The molecule has 0 atom stereocenters. The van der Waals surface area contributed by atoms with Gasteiger partial charge in [0.25, 0.3) is 5.91 Å². The molecule has 9 heteroatoms. The summed E-state index contributed by atoms with van der Waals surface area (Å²) in [5.41, 5.74) is 3.88. The van der Waals surface area contributed by atoms with E-state index >= 15 is 0 Å². The van der Waals surface area contributed by atoms with Crippen LogP contribution in [0.4, 0.5) is 5.82 Å². The Hall–Kier alpha value is -2.74. The Morgan fingerprint density at radius 1 is 1.48 bits per heavy atom. The summed E-state index contributed by atoms with van der Waals surface area (Å²) in [5.74, 6) is -0.659. The van der Waals surface area contributed by atoms with Gasteiger partial charge in [0.2, 0.25) is 0 Å². The van der Waals surface area contributed by atoms with Gasteiger partial charge < -0.3 is 10.1 Å². The number of nitro groups is 1. The van der Waals surface area contributed by atoms with Gasteiger partial charge in [-0.25, -0.2) is 5.43 Å². The first-order valence-electron chi connectivity index (χ1n) is 6.65. The third-order valence-electron chi connectivity index (χ3n) is 3.00. The molecule has 0 fully saturated rings. The van der Waals surface area contributed by atoms with Crippen molar-refractivity contribution in [3.63, 3.8) is 0 Å². The molecule has 1 aromatic carbocycles. The number of aromatic nitrogens is 2. The first kappa shape index (κ1) is 16.6. The molecule has 0 aliphatic carbocycles. The Labute approximate surface area is 136 Å². The molecule has 0 spiro atoms. The van der Waals surface area contributed by atoms with Crippen molar-refractivity contribution in [3.05, 3.63) is 56.7 Å². The van der Waals surface area contributed by atoms with Gasteiger partial charge >= 0.3 is 5.82 Å². The van der Waals surface area contributed by atoms with Gasteiger partial charge in [0.05, 0.1) is 33.2 Å². The van der Waals surface area contributed by atoms with Gasteiger partial charge in [0, 0.05) is 0 Å². The molecule has 0 unspecified atom stereocenters. The van der Waals surface area contributed by atoms with Crippen molar-refractivity contribution in [2.24, 2.45) is 5.10 Å². The van der Waals surface area contributed by atoms with Crippen molar-refractivity contribution in [1.82, 2.24) is 15.2 Å². The zero-order valence-electron chi connectivity index (χ0n) is 12.5. The Morgan fingerprint density at radius 2 is 2.17 bits per heavy atom. The number of nitrogens with zero attached hydrogens (tertiary/aromatic N) is 4. The summed E-state index contributed by atoms with van der Waals surface area (Å²) < 4.78 is 1.44. The molecule has 0 radical (unpaired) electrons. The molecule has 1 N–H and O–H groups in total. The summed E-state index contributed by atoms with van der Waals surface area (Å²) in [6, 6.07) is 7.99. The lowest BCUT2D eigenvalue weighted by Crippen LogP contribution is -2.21. The number of hydrogen-bond acceptors (Lipinski definition) is 5. The summed E-state index contributed by atoms with van der Waals surface area (Å²) in [5, 5.41) is 18.8. The highest BCUT2D eigenvalue weighted by Gasteiger charge is 2.16. The zero-order chi connectivity index (χ0) is 17.0. The highest BCUT2D eigenvalue weighted by Crippen LogP contribution is 2.14. The molecule has 1 aromatic heterocycles. The number of benzene rings is 1. The van der Waals surface area contributed by atoms with Crippen LogP contribution in [0.2, 0.25) is 5.02 Å². The second-order valence-corrected chi connectivity index (χ2v) is 5.23. The maximum absolute atomic E-state index is 12.0. The lowest BCUT2D eigenvalue weighted by Gasteiger charge is -2.04. The molecular weight excluding hydrogens is 322 g/mol. The Bertz CT molecular complexity index is 784. The second kappa shape index (κ2) is 7.01. The number of hydrazone groups is 1. The maximum Gasteiger partial charge on any atom is 0.390 e. The predicted molar refractivity (Wildman–Crippen MR) is 85.6 cm³/mol. The van der Waals surface area contributed by atoms with E-state index in [4.69, 9.17) is 11.6 Å². The number of hydrogen-bond donors (Lipinski definition) is 1. The van der Waals surface area contributed by atoms with Gasteiger partial charge in [-0.1, -0.05) is 23.7 Å². The van der Waals surface area contributed by atoms with E-state index in [9.17, 15) is 14.9 Å². The number of carbonyl (C=O) groups excluding carboxylic acids is 1. The van der Waals surface area contributed by atoms with Gasteiger partial charge in [0.15, 0.2) is 0 Å². The minimum Gasteiger partial charge on any atom is -0.358 e. The molecule has 0 aliphatic rings. The van der Waals surface area contributed by atoms with Crippen molar-refractivity contribution in [1.29, 1.82) is 0 Å². The van der Waals surface area contributed by atoms with E-state index in [1.165, 1.54) is 10.7 Å². The standard InChI is InChI=1S/C14H14ClN5O3/c1-9(8-19-10(2)7-13(18-19)20(22)23)16-17-14(21)11-5-3-4-6-12(11)15/h3-7H,8H2,1-2H3,(H,17,21). The smallest absolute Gasteiger partial charge is 0.358 e. The maximum atomic E-state index is 12.0. The van der Waals surface area contributed by atoms with Crippen molar-refractivity contribution >= 4 is 29.0 Å². The fourth-order valence-corrected chi connectivity index (χ4v) is 2.07. The Kier molecular flexibility index (Phi) is 5.07. The molecular formula is C14H14ClN5O3. The van der Waals surface area contributed by atoms with Gasteiger partial charge in [-0.05, 0) is 30.9 Å². The van der Waals surface area contributed by atoms with Gasteiger partial charge in [-0.2, -0.15) is 9.78 Å². The lowest BCUT2D eigenvalue weighted by atomic mass is 10.2. The van der Waals surface area contributed by atoms with E-state index in [1.807, 2.05) is 0 Å². The first-order valence-corrected chi connectivity index (χ1v) is 7.03. The van der Waals surface area contributed by atoms with Gasteiger partial charge in [0.1, 0.15) is 6.54 Å². The van der Waals surface area contributed by atoms with Crippen LogP contribution in [0.5, 0.6) is 0 Å². The molecule has 2 aromatic rings. The van der Waals surface area contributed by atoms with Gasteiger partial charge in [-0.15, -0.1) is 0 Å². The molecule has 0 saturated heterocycles. The normalized spacial score (nSPS) is 11.3. The number of aryl methyl sites for hydroxylation is 1. The Morgan fingerprint density at radius 3 is 2.78 bits per heavy atom. The second-order valence-electron chi connectivity index (χ2n) is 4.83. The van der Waals surface area contributed by atoms with E-state index in [0.717, 1.165) is 0 Å². The third kappa shape index (κ3) is 4.13. The number of halogens is 1. The topological polar surface area (TPSA) is 102 Å². The van der Waals surface area contributed by atoms with Crippen LogP contribution in [0.1, 0.15) is 23.0 Å². The highest BCUT2D eigenvalue weighted by atomic mass is 35.5. The molecule has 0 bridgehead atoms. The molecule has 0 aliphatic heterocycles. The summed E-state index contributed by atoms with van der Waals surface area (Å²) in [7, 11) is 0. The monoisotopic (exact) mass is 335 g/mol. The molecule has 0 saturated carbocycles. The average molecular weight is 336 g/mol.